The Morgan fingerprint density at radius 1 is 1.29 bits per heavy atom. The zero-order valence-electron chi connectivity index (χ0n) is 13.8. The van der Waals surface area contributed by atoms with Gasteiger partial charge in [0.2, 0.25) is 0 Å². The van der Waals surface area contributed by atoms with Crippen molar-refractivity contribution >= 4 is 23.2 Å². The van der Waals surface area contributed by atoms with Crippen LogP contribution in [0.1, 0.15) is 35.8 Å². The molecule has 3 rings (SSSR count). The summed E-state index contributed by atoms with van der Waals surface area (Å²) in [5, 5.41) is 4.05. The maximum atomic E-state index is 12.6. The first-order valence-electron chi connectivity index (χ1n) is 8.36. The normalized spacial score (nSPS) is 15.3. The number of anilines is 1. The Labute approximate surface area is 147 Å². The SMILES string of the molecule is CC1CCN(C(=O)c2cc(NCc3ccccc3Cl)ccn2)CC1. The Morgan fingerprint density at radius 3 is 2.79 bits per heavy atom. The van der Waals surface area contributed by atoms with Crippen LogP contribution < -0.4 is 5.32 Å². The maximum absolute atomic E-state index is 12.6. The zero-order valence-corrected chi connectivity index (χ0v) is 14.6. The maximum Gasteiger partial charge on any atom is 0.272 e. The highest BCUT2D eigenvalue weighted by Gasteiger charge is 2.22. The molecule has 0 aliphatic carbocycles. The number of carbonyl (C=O) groups is 1. The Bertz CT molecular complexity index is 711. The van der Waals surface area contributed by atoms with Crippen molar-refractivity contribution < 1.29 is 4.79 Å². The summed E-state index contributed by atoms with van der Waals surface area (Å²) in [4.78, 5) is 18.8. The Balaban J connectivity index is 1.65. The van der Waals surface area contributed by atoms with Crippen LogP contribution >= 0.6 is 11.6 Å². The molecule has 1 aromatic heterocycles. The van der Waals surface area contributed by atoms with Crippen LogP contribution in [0.25, 0.3) is 0 Å². The summed E-state index contributed by atoms with van der Waals surface area (Å²) in [6, 6.07) is 11.4. The van der Waals surface area contributed by atoms with E-state index in [0.29, 0.717) is 18.2 Å². The number of hydrogen-bond donors (Lipinski definition) is 1. The number of amides is 1. The second-order valence-electron chi connectivity index (χ2n) is 6.35. The largest absolute Gasteiger partial charge is 0.381 e. The molecule has 4 nitrogen and oxygen atoms in total. The number of benzene rings is 1. The number of likely N-dealkylation sites (tertiary alicyclic amines) is 1. The molecular weight excluding hydrogens is 322 g/mol. The van der Waals surface area contributed by atoms with Gasteiger partial charge in [-0.3, -0.25) is 9.78 Å². The quantitative estimate of drug-likeness (QED) is 0.904. The minimum atomic E-state index is 0.0169. The molecular formula is C19H22ClN3O. The van der Waals surface area contributed by atoms with Crippen LogP contribution in [0.2, 0.25) is 5.02 Å². The van der Waals surface area contributed by atoms with Crippen molar-refractivity contribution in [1.82, 2.24) is 9.88 Å². The molecule has 0 atom stereocenters. The van der Waals surface area contributed by atoms with E-state index >= 15 is 0 Å². The van der Waals surface area contributed by atoms with E-state index in [1.165, 1.54) is 0 Å². The Hall–Kier alpha value is -2.07. The van der Waals surface area contributed by atoms with E-state index < -0.39 is 0 Å². The number of pyridine rings is 1. The highest BCUT2D eigenvalue weighted by molar-refractivity contribution is 6.31. The van der Waals surface area contributed by atoms with Crippen molar-refractivity contribution in [3.05, 3.63) is 58.9 Å². The predicted molar refractivity (Wildman–Crippen MR) is 97.3 cm³/mol. The van der Waals surface area contributed by atoms with Gasteiger partial charge in [0.25, 0.3) is 5.91 Å². The van der Waals surface area contributed by atoms with Crippen LogP contribution in [-0.4, -0.2) is 28.9 Å². The standard InChI is InChI=1S/C19H22ClN3O/c1-14-7-10-23(11-8-14)19(24)18-12-16(6-9-21-18)22-13-15-4-2-3-5-17(15)20/h2-6,9,12,14H,7-8,10-11,13H2,1H3,(H,21,22). The van der Waals surface area contributed by atoms with E-state index in [2.05, 4.69) is 17.2 Å². The molecule has 1 N–H and O–H groups in total. The fourth-order valence-corrected chi connectivity index (χ4v) is 3.07. The molecule has 2 aromatic rings. The average molecular weight is 344 g/mol. The van der Waals surface area contributed by atoms with Crippen molar-refractivity contribution in [2.75, 3.05) is 18.4 Å². The Kier molecular flexibility index (Phi) is 5.36. The third-order valence-electron chi connectivity index (χ3n) is 4.49. The number of aromatic nitrogens is 1. The summed E-state index contributed by atoms with van der Waals surface area (Å²) in [6.07, 6.45) is 3.81. The molecule has 0 spiro atoms. The average Bonchev–Trinajstić information content (AvgIpc) is 2.61. The molecule has 1 aliphatic heterocycles. The number of nitrogens with zero attached hydrogens (tertiary/aromatic N) is 2. The van der Waals surface area contributed by atoms with E-state index in [0.717, 1.165) is 42.2 Å². The van der Waals surface area contributed by atoms with E-state index in [-0.39, 0.29) is 5.91 Å². The fourth-order valence-electron chi connectivity index (χ4n) is 2.87. The number of piperidine rings is 1. The van der Waals surface area contributed by atoms with Crippen LogP contribution in [0.5, 0.6) is 0 Å². The van der Waals surface area contributed by atoms with Gasteiger partial charge in [0.15, 0.2) is 0 Å². The van der Waals surface area contributed by atoms with Gasteiger partial charge in [-0.2, -0.15) is 0 Å². The minimum absolute atomic E-state index is 0.0169. The molecule has 1 saturated heterocycles. The molecule has 1 amide bonds. The summed E-state index contributed by atoms with van der Waals surface area (Å²) >= 11 is 6.17. The highest BCUT2D eigenvalue weighted by atomic mass is 35.5. The number of nitrogens with one attached hydrogen (secondary N) is 1. The second-order valence-corrected chi connectivity index (χ2v) is 6.76. The van der Waals surface area contributed by atoms with Gasteiger partial charge < -0.3 is 10.2 Å². The minimum Gasteiger partial charge on any atom is -0.381 e. The zero-order chi connectivity index (χ0) is 16.9. The second kappa shape index (κ2) is 7.67. The van der Waals surface area contributed by atoms with Crippen LogP contribution in [0.15, 0.2) is 42.6 Å². The fraction of sp³-hybridized carbons (Fsp3) is 0.368. The smallest absolute Gasteiger partial charge is 0.272 e. The highest BCUT2D eigenvalue weighted by Crippen LogP contribution is 2.20. The number of halogens is 1. The third-order valence-corrected chi connectivity index (χ3v) is 4.86. The number of carbonyl (C=O) groups excluding carboxylic acids is 1. The van der Waals surface area contributed by atoms with Gasteiger partial charge in [-0.1, -0.05) is 36.7 Å². The van der Waals surface area contributed by atoms with Gasteiger partial charge in [0, 0.05) is 36.5 Å². The van der Waals surface area contributed by atoms with Gasteiger partial charge in [-0.05, 0) is 42.5 Å². The monoisotopic (exact) mass is 343 g/mol. The molecule has 1 aromatic carbocycles. The summed E-state index contributed by atoms with van der Waals surface area (Å²) in [5.74, 6) is 0.717. The molecule has 0 unspecified atom stereocenters. The van der Waals surface area contributed by atoms with E-state index in [1.54, 1.807) is 6.20 Å². The van der Waals surface area contributed by atoms with Crippen LogP contribution in [-0.2, 0) is 6.54 Å². The molecule has 0 radical (unpaired) electrons. The Morgan fingerprint density at radius 2 is 2.04 bits per heavy atom. The lowest BCUT2D eigenvalue weighted by molar-refractivity contribution is 0.0691. The molecule has 5 heteroatoms. The first-order chi connectivity index (χ1) is 11.6. The van der Waals surface area contributed by atoms with Crippen molar-refractivity contribution in [3.8, 4) is 0 Å². The molecule has 1 aliphatic rings. The third kappa shape index (κ3) is 4.06. The van der Waals surface area contributed by atoms with Crippen LogP contribution in [0.3, 0.4) is 0 Å². The molecule has 0 bridgehead atoms. The van der Waals surface area contributed by atoms with Gasteiger partial charge in [0.05, 0.1) is 0 Å². The van der Waals surface area contributed by atoms with E-state index in [4.69, 9.17) is 11.6 Å². The predicted octanol–water partition coefficient (Wildman–Crippen LogP) is 4.22. The lowest BCUT2D eigenvalue weighted by Crippen LogP contribution is -2.38. The summed E-state index contributed by atoms with van der Waals surface area (Å²) < 4.78 is 0. The van der Waals surface area contributed by atoms with Gasteiger partial charge in [-0.15, -0.1) is 0 Å². The molecule has 1 fully saturated rings. The van der Waals surface area contributed by atoms with Crippen LogP contribution in [0.4, 0.5) is 5.69 Å². The lowest BCUT2D eigenvalue weighted by atomic mass is 9.99. The number of hydrogen-bond acceptors (Lipinski definition) is 3. The molecule has 2 heterocycles. The number of rotatable bonds is 4. The van der Waals surface area contributed by atoms with Gasteiger partial charge in [0.1, 0.15) is 5.69 Å². The molecule has 126 valence electrons. The molecule has 24 heavy (non-hydrogen) atoms. The molecule has 0 saturated carbocycles. The topological polar surface area (TPSA) is 45.2 Å². The van der Waals surface area contributed by atoms with Gasteiger partial charge in [-0.25, -0.2) is 0 Å². The first-order valence-corrected chi connectivity index (χ1v) is 8.74. The van der Waals surface area contributed by atoms with Crippen molar-refractivity contribution in [3.63, 3.8) is 0 Å². The summed E-state index contributed by atoms with van der Waals surface area (Å²) in [7, 11) is 0. The van der Waals surface area contributed by atoms with Crippen molar-refractivity contribution in [2.24, 2.45) is 5.92 Å². The van der Waals surface area contributed by atoms with Crippen molar-refractivity contribution in [2.45, 2.75) is 26.3 Å². The van der Waals surface area contributed by atoms with Crippen LogP contribution in [0, 0.1) is 5.92 Å². The van der Waals surface area contributed by atoms with E-state index in [1.807, 2.05) is 41.3 Å². The van der Waals surface area contributed by atoms with Gasteiger partial charge >= 0.3 is 0 Å². The summed E-state index contributed by atoms with van der Waals surface area (Å²) in [5.41, 5.74) is 2.39. The lowest BCUT2D eigenvalue weighted by Gasteiger charge is -2.30. The van der Waals surface area contributed by atoms with Crippen molar-refractivity contribution in [1.29, 1.82) is 0 Å². The first kappa shape index (κ1) is 16.8. The summed E-state index contributed by atoms with van der Waals surface area (Å²) in [6.45, 7) is 4.48. The van der Waals surface area contributed by atoms with E-state index in [9.17, 15) is 4.79 Å².